The van der Waals surface area contributed by atoms with Gasteiger partial charge in [0.05, 0.1) is 0 Å². The van der Waals surface area contributed by atoms with Crippen LogP contribution in [-0.4, -0.2) is 16.9 Å². The molecular formula is C6H7N3S. The molecule has 0 unspecified atom stereocenters. The van der Waals surface area contributed by atoms with E-state index >= 15 is 0 Å². The van der Waals surface area contributed by atoms with Crippen LogP contribution < -0.4 is 0 Å². The minimum Gasteiger partial charge on any atom is -0.287 e. The lowest BCUT2D eigenvalue weighted by Crippen LogP contribution is -2.00. The van der Waals surface area contributed by atoms with Crippen molar-refractivity contribution in [1.29, 1.82) is 0 Å². The van der Waals surface area contributed by atoms with Crippen molar-refractivity contribution < 1.29 is 0 Å². The highest BCUT2D eigenvalue weighted by Crippen LogP contribution is 2.49. The van der Waals surface area contributed by atoms with Gasteiger partial charge in [-0.3, -0.25) is 4.99 Å². The number of aromatic nitrogens is 2. The van der Waals surface area contributed by atoms with Crippen LogP contribution in [0.1, 0.15) is 17.8 Å². The van der Waals surface area contributed by atoms with Gasteiger partial charge in [-0.15, -0.1) is 21.5 Å². The van der Waals surface area contributed by atoms with Gasteiger partial charge < -0.3 is 0 Å². The topological polar surface area (TPSA) is 38.1 Å². The van der Waals surface area contributed by atoms with Crippen LogP contribution in [0.5, 0.6) is 0 Å². The molecule has 0 atom stereocenters. The van der Waals surface area contributed by atoms with Gasteiger partial charge in [0.25, 0.3) is 0 Å². The molecule has 1 fully saturated rings. The molecule has 10 heavy (non-hydrogen) atoms. The lowest BCUT2D eigenvalue weighted by atomic mass is 10.3. The quantitative estimate of drug-likeness (QED) is 0.599. The standard InChI is InChI=1S/C6H7N3S/c1-7-6(2-3-6)5-9-8-4-10-5/h4H,1-3H2. The van der Waals surface area contributed by atoms with Crippen molar-refractivity contribution in [1.82, 2.24) is 10.2 Å². The van der Waals surface area contributed by atoms with Crippen molar-refractivity contribution >= 4 is 18.1 Å². The third-order valence-corrected chi connectivity index (χ3v) is 2.67. The average Bonchev–Trinajstić information content (AvgIpc) is 2.58. The summed E-state index contributed by atoms with van der Waals surface area (Å²) in [7, 11) is 0. The summed E-state index contributed by atoms with van der Waals surface area (Å²) in [6.45, 7) is 3.54. The van der Waals surface area contributed by atoms with E-state index in [0.29, 0.717) is 0 Å². The van der Waals surface area contributed by atoms with Gasteiger partial charge in [0.2, 0.25) is 0 Å². The molecular weight excluding hydrogens is 146 g/mol. The fraction of sp³-hybridized carbons (Fsp3) is 0.500. The molecule has 1 aliphatic rings. The second kappa shape index (κ2) is 1.85. The molecule has 0 bridgehead atoms. The van der Waals surface area contributed by atoms with Gasteiger partial charge in [-0.2, -0.15) is 0 Å². The SMILES string of the molecule is C=NC1(c2nncs2)CC1. The molecule has 2 rings (SSSR count). The molecule has 1 saturated carbocycles. The zero-order valence-electron chi connectivity index (χ0n) is 5.45. The van der Waals surface area contributed by atoms with Crippen LogP contribution in [-0.2, 0) is 5.54 Å². The summed E-state index contributed by atoms with van der Waals surface area (Å²) >= 11 is 1.56. The van der Waals surface area contributed by atoms with Crippen LogP contribution in [0, 0.1) is 0 Å². The number of rotatable bonds is 2. The molecule has 1 heterocycles. The van der Waals surface area contributed by atoms with E-state index in [1.54, 1.807) is 16.8 Å². The Morgan fingerprint density at radius 2 is 2.50 bits per heavy atom. The second-order valence-electron chi connectivity index (χ2n) is 2.43. The number of hydrogen-bond donors (Lipinski definition) is 0. The Balaban J connectivity index is 2.35. The number of nitrogens with zero attached hydrogens (tertiary/aromatic N) is 3. The first-order valence-corrected chi connectivity index (χ1v) is 4.00. The van der Waals surface area contributed by atoms with E-state index < -0.39 is 0 Å². The average molecular weight is 153 g/mol. The first-order valence-electron chi connectivity index (χ1n) is 3.12. The van der Waals surface area contributed by atoms with Gasteiger partial charge in [0.15, 0.2) is 0 Å². The fourth-order valence-corrected chi connectivity index (χ4v) is 1.71. The van der Waals surface area contributed by atoms with E-state index in [4.69, 9.17) is 0 Å². The molecule has 0 amide bonds. The first kappa shape index (κ1) is 5.97. The Kier molecular flexibility index (Phi) is 1.11. The Morgan fingerprint density at radius 1 is 1.70 bits per heavy atom. The fourth-order valence-electron chi connectivity index (χ4n) is 0.934. The third kappa shape index (κ3) is 0.686. The maximum Gasteiger partial charge on any atom is 0.144 e. The number of aliphatic imine (C=N–C) groups is 1. The van der Waals surface area contributed by atoms with Crippen LogP contribution in [0.4, 0.5) is 0 Å². The first-order chi connectivity index (χ1) is 4.87. The molecule has 4 heteroatoms. The Hall–Kier alpha value is -0.770. The minimum atomic E-state index is -0.0266. The Bertz CT molecular complexity index is 238. The highest BCUT2D eigenvalue weighted by Gasteiger charge is 2.46. The molecule has 0 aromatic carbocycles. The Morgan fingerprint density at radius 3 is 2.90 bits per heavy atom. The normalized spacial score (nSPS) is 20.4. The van der Waals surface area contributed by atoms with E-state index in [1.165, 1.54) is 0 Å². The minimum absolute atomic E-state index is 0.0266. The van der Waals surface area contributed by atoms with E-state index in [0.717, 1.165) is 17.8 Å². The van der Waals surface area contributed by atoms with Gasteiger partial charge >= 0.3 is 0 Å². The zero-order valence-corrected chi connectivity index (χ0v) is 6.27. The monoisotopic (exact) mass is 153 g/mol. The van der Waals surface area contributed by atoms with Crippen molar-refractivity contribution in [2.75, 3.05) is 0 Å². The highest BCUT2D eigenvalue weighted by atomic mass is 32.1. The second-order valence-corrected chi connectivity index (χ2v) is 3.27. The molecule has 0 spiro atoms. The molecule has 0 N–H and O–H groups in total. The Labute approximate surface area is 62.8 Å². The predicted octanol–water partition coefficient (Wildman–Crippen LogP) is 1.23. The van der Waals surface area contributed by atoms with Gasteiger partial charge in [-0.05, 0) is 19.6 Å². The van der Waals surface area contributed by atoms with Crippen molar-refractivity contribution in [3.05, 3.63) is 10.5 Å². The summed E-state index contributed by atoms with van der Waals surface area (Å²) in [6.07, 6.45) is 2.18. The molecule has 0 aliphatic heterocycles. The van der Waals surface area contributed by atoms with E-state index in [-0.39, 0.29) is 5.54 Å². The van der Waals surface area contributed by atoms with Crippen LogP contribution in [0.2, 0.25) is 0 Å². The smallest absolute Gasteiger partial charge is 0.144 e. The van der Waals surface area contributed by atoms with Crippen molar-refractivity contribution in [3.8, 4) is 0 Å². The highest BCUT2D eigenvalue weighted by molar-refractivity contribution is 7.09. The molecule has 3 nitrogen and oxygen atoms in total. The summed E-state index contributed by atoms with van der Waals surface area (Å²) in [5.41, 5.74) is 1.71. The van der Waals surface area contributed by atoms with Crippen LogP contribution in [0.3, 0.4) is 0 Å². The van der Waals surface area contributed by atoms with Crippen LogP contribution >= 0.6 is 11.3 Å². The zero-order chi connectivity index (χ0) is 7.03. The molecule has 0 saturated heterocycles. The van der Waals surface area contributed by atoms with Crippen LogP contribution in [0.15, 0.2) is 10.5 Å². The molecule has 1 aromatic heterocycles. The van der Waals surface area contributed by atoms with Crippen molar-refractivity contribution in [2.45, 2.75) is 18.4 Å². The summed E-state index contributed by atoms with van der Waals surface area (Å²) in [5, 5.41) is 8.73. The lowest BCUT2D eigenvalue weighted by Gasteiger charge is -2.00. The summed E-state index contributed by atoms with van der Waals surface area (Å²) in [5.74, 6) is 0. The number of hydrogen-bond acceptors (Lipinski definition) is 4. The van der Waals surface area contributed by atoms with Gasteiger partial charge in [0.1, 0.15) is 16.1 Å². The van der Waals surface area contributed by atoms with Crippen LogP contribution in [0.25, 0.3) is 0 Å². The predicted molar refractivity (Wildman–Crippen MR) is 40.4 cm³/mol. The van der Waals surface area contributed by atoms with E-state index in [9.17, 15) is 0 Å². The van der Waals surface area contributed by atoms with Crippen molar-refractivity contribution in [2.24, 2.45) is 4.99 Å². The summed E-state index contributed by atoms with van der Waals surface area (Å²) in [4.78, 5) is 4.03. The van der Waals surface area contributed by atoms with Gasteiger partial charge in [-0.1, -0.05) is 0 Å². The summed E-state index contributed by atoms with van der Waals surface area (Å²) in [6, 6.07) is 0. The third-order valence-electron chi connectivity index (χ3n) is 1.78. The van der Waals surface area contributed by atoms with E-state index in [2.05, 4.69) is 21.9 Å². The molecule has 0 radical (unpaired) electrons. The molecule has 52 valence electrons. The summed E-state index contributed by atoms with van der Waals surface area (Å²) < 4.78 is 0. The van der Waals surface area contributed by atoms with Crippen molar-refractivity contribution in [3.63, 3.8) is 0 Å². The van der Waals surface area contributed by atoms with E-state index in [1.807, 2.05) is 0 Å². The molecule has 1 aromatic rings. The maximum absolute atomic E-state index is 4.03. The lowest BCUT2D eigenvalue weighted by molar-refractivity contribution is 0.725. The molecule has 1 aliphatic carbocycles. The van der Waals surface area contributed by atoms with Gasteiger partial charge in [0, 0.05) is 0 Å². The largest absolute Gasteiger partial charge is 0.287 e. The maximum atomic E-state index is 4.03. The van der Waals surface area contributed by atoms with Gasteiger partial charge in [-0.25, -0.2) is 0 Å².